The molecule has 0 saturated carbocycles. The van der Waals surface area contributed by atoms with Crippen LogP contribution in [-0.4, -0.2) is 17.3 Å². The van der Waals surface area contributed by atoms with E-state index in [0.717, 1.165) is 17.3 Å². The molecule has 0 bridgehead atoms. The molecule has 0 aliphatic carbocycles. The van der Waals surface area contributed by atoms with Crippen LogP contribution in [0.25, 0.3) is 0 Å². The molecular weight excluding hydrogens is 240 g/mol. The van der Waals surface area contributed by atoms with Crippen molar-refractivity contribution in [2.45, 2.75) is 59.3 Å². The van der Waals surface area contributed by atoms with Crippen molar-refractivity contribution in [1.82, 2.24) is 0 Å². The number of rotatable bonds is 6. The second-order valence-corrected chi connectivity index (χ2v) is 4.57. The molecule has 0 aliphatic rings. The second-order valence-electron chi connectivity index (χ2n) is 3.23. The lowest BCUT2D eigenvalue weighted by atomic mass is 10.4. The van der Waals surface area contributed by atoms with Crippen molar-refractivity contribution < 1.29 is 0 Å². The van der Waals surface area contributed by atoms with Crippen molar-refractivity contribution in [2.24, 2.45) is 0 Å². The first kappa shape index (κ1) is 21.3. The number of hydrogen-bond acceptors (Lipinski definition) is 3. The summed E-state index contributed by atoms with van der Waals surface area (Å²) in [4.78, 5) is 0. The van der Waals surface area contributed by atoms with E-state index in [1.165, 1.54) is 38.5 Å². The molecule has 96 valence electrons. The fraction of sp³-hybridized carbons (Fsp3) is 1.00. The highest BCUT2D eigenvalue weighted by Crippen LogP contribution is 1.86. The molecule has 0 spiro atoms. The van der Waals surface area contributed by atoms with Gasteiger partial charge in [-0.15, -0.1) is 0 Å². The zero-order chi connectivity index (χ0) is 12.4. The molecule has 15 heavy (non-hydrogen) atoms. The smallest absolute Gasteiger partial charge is 0.00980 e. The van der Waals surface area contributed by atoms with Crippen molar-refractivity contribution in [3.63, 3.8) is 0 Å². The van der Waals surface area contributed by atoms with Gasteiger partial charge in [-0.2, -0.15) is 37.9 Å². The summed E-state index contributed by atoms with van der Waals surface area (Å²) in [5, 5.41) is 0. The highest BCUT2D eigenvalue weighted by Gasteiger charge is 1.69. The Bertz CT molecular complexity index is 47.6. The molecule has 0 aliphatic heterocycles. The van der Waals surface area contributed by atoms with Gasteiger partial charge in [0.05, 0.1) is 0 Å². The molecule has 0 amide bonds. The van der Waals surface area contributed by atoms with E-state index in [9.17, 15) is 0 Å². The quantitative estimate of drug-likeness (QED) is 0.546. The molecule has 0 heterocycles. The van der Waals surface area contributed by atoms with Crippen LogP contribution >= 0.6 is 37.9 Å². The Balaban J connectivity index is -0.000000144. The highest BCUT2D eigenvalue weighted by molar-refractivity contribution is 7.80. The molecule has 0 aromatic rings. The Morgan fingerprint density at radius 3 is 0.733 bits per heavy atom. The Labute approximate surface area is 114 Å². The van der Waals surface area contributed by atoms with Crippen molar-refractivity contribution >= 4 is 37.9 Å². The predicted octanol–water partition coefficient (Wildman–Crippen LogP) is 5.15. The van der Waals surface area contributed by atoms with Gasteiger partial charge >= 0.3 is 0 Å². The van der Waals surface area contributed by atoms with Crippen molar-refractivity contribution in [1.29, 1.82) is 0 Å². The minimum atomic E-state index is 1.04. The maximum Gasteiger partial charge on any atom is -0.00980 e. The lowest BCUT2D eigenvalue weighted by Crippen LogP contribution is -1.65. The highest BCUT2D eigenvalue weighted by atomic mass is 32.1. The normalized spacial score (nSPS) is 8.40. The molecule has 0 fully saturated rings. The summed E-state index contributed by atoms with van der Waals surface area (Å²) in [6, 6.07) is 0. The molecule has 0 aromatic heterocycles. The minimum Gasteiger partial charge on any atom is -0.179 e. The monoisotopic (exact) mass is 270 g/mol. The third-order valence-electron chi connectivity index (χ3n) is 1.54. The summed E-state index contributed by atoms with van der Waals surface area (Å²) >= 11 is 12.0. The molecule has 0 rings (SSSR count). The number of unbranched alkanes of at least 4 members (excludes halogenated alkanes) is 3. The molecule has 3 heteroatoms. The van der Waals surface area contributed by atoms with Crippen LogP contribution in [0.3, 0.4) is 0 Å². The third kappa shape index (κ3) is 51.6. The zero-order valence-electron chi connectivity index (χ0n) is 10.7. The Kier molecular flexibility index (Phi) is 41.9. The predicted molar refractivity (Wildman–Crippen MR) is 86.3 cm³/mol. The fourth-order valence-corrected chi connectivity index (χ4v) is 1.42. The van der Waals surface area contributed by atoms with Crippen LogP contribution in [0.1, 0.15) is 59.3 Å². The van der Waals surface area contributed by atoms with Gasteiger partial charge < -0.3 is 0 Å². The van der Waals surface area contributed by atoms with E-state index >= 15 is 0 Å². The minimum absolute atomic E-state index is 1.04. The standard InChI is InChI=1S/3C4H10S/c3*1-2-3-4-5/h3*5H,2-4H2,1H3. The zero-order valence-corrected chi connectivity index (χ0v) is 13.4. The second kappa shape index (κ2) is 29.4. The van der Waals surface area contributed by atoms with Gasteiger partial charge in [0.1, 0.15) is 0 Å². The Morgan fingerprint density at radius 1 is 0.533 bits per heavy atom. The van der Waals surface area contributed by atoms with Gasteiger partial charge in [0.2, 0.25) is 0 Å². The summed E-state index contributed by atoms with van der Waals surface area (Å²) in [6.07, 6.45) is 7.56. The summed E-state index contributed by atoms with van der Waals surface area (Å²) < 4.78 is 0. The largest absolute Gasteiger partial charge is 0.179 e. The molecule has 0 N–H and O–H groups in total. The van der Waals surface area contributed by atoms with Gasteiger partial charge in [0, 0.05) is 0 Å². The van der Waals surface area contributed by atoms with Crippen molar-refractivity contribution in [2.75, 3.05) is 17.3 Å². The van der Waals surface area contributed by atoms with E-state index in [1.54, 1.807) is 0 Å². The van der Waals surface area contributed by atoms with Gasteiger partial charge in [-0.25, -0.2) is 0 Å². The van der Waals surface area contributed by atoms with E-state index in [4.69, 9.17) is 0 Å². The average molecular weight is 271 g/mol. The van der Waals surface area contributed by atoms with Crippen LogP contribution in [0.4, 0.5) is 0 Å². The van der Waals surface area contributed by atoms with Crippen LogP contribution in [-0.2, 0) is 0 Å². The van der Waals surface area contributed by atoms with Crippen LogP contribution in [0, 0.1) is 0 Å². The molecule has 0 aromatic carbocycles. The van der Waals surface area contributed by atoms with Crippen LogP contribution in [0.2, 0.25) is 0 Å². The Hall–Kier alpha value is 1.05. The van der Waals surface area contributed by atoms with Gasteiger partial charge in [-0.1, -0.05) is 40.0 Å². The molecule has 0 nitrogen and oxygen atoms in total. The van der Waals surface area contributed by atoms with Crippen molar-refractivity contribution in [3.8, 4) is 0 Å². The maximum absolute atomic E-state index is 4.00. The van der Waals surface area contributed by atoms with Crippen molar-refractivity contribution in [3.05, 3.63) is 0 Å². The van der Waals surface area contributed by atoms with E-state index in [-0.39, 0.29) is 0 Å². The molecule has 0 atom stereocenters. The summed E-state index contributed by atoms with van der Waals surface area (Å²) in [7, 11) is 0. The number of hydrogen-bond donors (Lipinski definition) is 3. The summed E-state index contributed by atoms with van der Waals surface area (Å²) in [6.45, 7) is 6.49. The van der Waals surface area contributed by atoms with Crippen LogP contribution in [0.5, 0.6) is 0 Å². The topological polar surface area (TPSA) is 0 Å². The fourth-order valence-electron chi connectivity index (χ4n) is 0.474. The lowest BCUT2D eigenvalue weighted by molar-refractivity contribution is 0.899. The number of thiol groups is 3. The van der Waals surface area contributed by atoms with E-state index in [0.29, 0.717) is 0 Å². The first-order chi connectivity index (χ1) is 7.24. The summed E-state index contributed by atoms with van der Waals surface area (Å²) in [5.41, 5.74) is 0. The Morgan fingerprint density at radius 2 is 0.733 bits per heavy atom. The summed E-state index contributed by atoms with van der Waals surface area (Å²) in [5.74, 6) is 3.11. The van der Waals surface area contributed by atoms with E-state index in [2.05, 4.69) is 58.7 Å². The van der Waals surface area contributed by atoms with Gasteiger partial charge in [-0.05, 0) is 36.5 Å². The van der Waals surface area contributed by atoms with Gasteiger partial charge in [-0.3, -0.25) is 0 Å². The molecular formula is C12H30S3. The first-order valence-corrected chi connectivity index (χ1v) is 7.97. The lowest BCUT2D eigenvalue weighted by Gasteiger charge is -1.78. The van der Waals surface area contributed by atoms with Gasteiger partial charge in [0.25, 0.3) is 0 Å². The van der Waals surface area contributed by atoms with Crippen LogP contribution in [0.15, 0.2) is 0 Å². The van der Waals surface area contributed by atoms with Crippen LogP contribution < -0.4 is 0 Å². The SMILES string of the molecule is CCCCS.CCCCS.CCCCS. The molecule has 0 saturated heterocycles. The molecule has 0 radical (unpaired) electrons. The average Bonchev–Trinajstić information content (AvgIpc) is 2.23. The molecule has 0 unspecified atom stereocenters. The maximum atomic E-state index is 4.00. The third-order valence-corrected chi connectivity index (χ3v) is 2.48. The van der Waals surface area contributed by atoms with E-state index in [1.807, 2.05) is 0 Å². The van der Waals surface area contributed by atoms with Gasteiger partial charge in [0.15, 0.2) is 0 Å². The first-order valence-electron chi connectivity index (χ1n) is 6.07. The van der Waals surface area contributed by atoms with E-state index < -0.39 is 0 Å².